The van der Waals surface area contributed by atoms with Crippen molar-refractivity contribution in [3.63, 3.8) is 0 Å². The smallest absolute Gasteiger partial charge is 0.283 e. The van der Waals surface area contributed by atoms with Crippen LogP contribution in [0.25, 0.3) is 0 Å². The summed E-state index contributed by atoms with van der Waals surface area (Å²) < 4.78 is 0. The highest BCUT2D eigenvalue weighted by Crippen LogP contribution is 2.25. The molecule has 98 valence electrons. The average Bonchev–Trinajstić information content (AvgIpc) is 2.34. The van der Waals surface area contributed by atoms with Crippen molar-refractivity contribution in [1.82, 2.24) is 5.32 Å². The van der Waals surface area contributed by atoms with Gasteiger partial charge in [-0.2, -0.15) is 0 Å². The first-order valence-corrected chi connectivity index (χ1v) is 6.15. The van der Waals surface area contributed by atoms with Gasteiger partial charge in [-0.3, -0.25) is 14.9 Å². The molecule has 1 aromatic rings. The van der Waals surface area contributed by atoms with Crippen LogP contribution in [0.3, 0.4) is 0 Å². The summed E-state index contributed by atoms with van der Waals surface area (Å²) in [6.07, 6.45) is 0. The lowest BCUT2D eigenvalue weighted by atomic mass is 10.1. The molecule has 0 radical (unpaired) electrons. The minimum Gasteiger partial charge on any atom is -0.351 e. The molecule has 1 N–H and O–H groups in total. The molecule has 1 amide bonds. The second-order valence-electron chi connectivity index (χ2n) is 3.86. The summed E-state index contributed by atoms with van der Waals surface area (Å²) in [7, 11) is 0. The van der Waals surface area contributed by atoms with E-state index in [0.717, 1.165) is 0 Å². The van der Waals surface area contributed by atoms with Crippen LogP contribution >= 0.6 is 23.2 Å². The van der Waals surface area contributed by atoms with Gasteiger partial charge in [-0.1, -0.05) is 24.6 Å². The van der Waals surface area contributed by atoms with Crippen LogP contribution in [0.5, 0.6) is 0 Å². The van der Waals surface area contributed by atoms with Crippen molar-refractivity contribution in [2.24, 2.45) is 5.92 Å². The number of carbonyl (C=O) groups is 1. The molecule has 18 heavy (non-hydrogen) atoms. The molecule has 0 saturated carbocycles. The lowest BCUT2D eigenvalue weighted by Crippen LogP contribution is -2.29. The zero-order valence-electron chi connectivity index (χ0n) is 9.65. The van der Waals surface area contributed by atoms with Gasteiger partial charge in [0, 0.05) is 18.5 Å². The molecule has 0 aliphatic carbocycles. The molecule has 0 heterocycles. The van der Waals surface area contributed by atoms with Crippen LogP contribution in [-0.2, 0) is 0 Å². The molecule has 0 fully saturated rings. The third-order valence-electron chi connectivity index (χ3n) is 2.29. The SMILES string of the molecule is CC(CCl)CNC(=O)c1c(Cl)cccc1[N+](=O)[O-]. The van der Waals surface area contributed by atoms with Crippen molar-refractivity contribution in [3.8, 4) is 0 Å². The molecule has 1 unspecified atom stereocenters. The largest absolute Gasteiger partial charge is 0.351 e. The Labute approximate surface area is 114 Å². The van der Waals surface area contributed by atoms with Gasteiger partial charge in [-0.15, -0.1) is 11.6 Å². The zero-order chi connectivity index (χ0) is 13.7. The highest BCUT2D eigenvalue weighted by atomic mass is 35.5. The molecule has 0 saturated heterocycles. The second kappa shape index (κ2) is 6.56. The van der Waals surface area contributed by atoms with Crippen molar-refractivity contribution >= 4 is 34.8 Å². The van der Waals surface area contributed by atoms with E-state index in [9.17, 15) is 14.9 Å². The van der Waals surface area contributed by atoms with E-state index in [1.54, 1.807) is 0 Å². The van der Waals surface area contributed by atoms with Crippen LogP contribution in [0.4, 0.5) is 5.69 Å². The molecule has 0 aromatic heterocycles. The number of carbonyl (C=O) groups excluding carboxylic acids is 1. The Morgan fingerprint density at radius 2 is 2.22 bits per heavy atom. The Kier molecular flexibility index (Phi) is 5.37. The number of benzene rings is 1. The number of alkyl halides is 1. The molecular formula is C11H12Cl2N2O3. The second-order valence-corrected chi connectivity index (χ2v) is 4.58. The number of hydrogen-bond donors (Lipinski definition) is 1. The summed E-state index contributed by atoms with van der Waals surface area (Å²) in [5.41, 5.74) is -0.426. The Hall–Kier alpha value is -1.33. The van der Waals surface area contributed by atoms with E-state index in [2.05, 4.69) is 5.32 Å². The molecule has 0 aliphatic rings. The van der Waals surface area contributed by atoms with E-state index in [1.165, 1.54) is 18.2 Å². The molecule has 1 aromatic carbocycles. The fourth-order valence-corrected chi connectivity index (χ4v) is 1.66. The van der Waals surface area contributed by atoms with Crippen molar-refractivity contribution in [2.45, 2.75) is 6.92 Å². The fraction of sp³-hybridized carbons (Fsp3) is 0.364. The van der Waals surface area contributed by atoms with Crippen molar-refractivity contribution in [2.75, 3.05) is 12.4 Å². The summed E-state index contributed by atoms with van der Waals surface area (Å²) in [6.45, 7) is 2.19. The lowest BCUT2D eigenvalue weighted by molar-refractivity contribution is -0.385. The van der Waals surface area contributed by atoms with Gasteiger partial charge < -0.3 is 5.32 Å². The van der Waals surface area contributed by atoms with Crippen LogP contribution in [-0.4, -0.2) is 23.3 Å². The van der Waals surface area contributed by atoms with E-state index in [-0.39, 0.29) is 22.2 Å². The summed E-state index contributed by atoms with van der Waals surface area (Å²) in [4.78, 5) is 22.1. The Morgan fingerprint density at radius 3 is 2.78 bits per heavy atom. The molecule has 5 nitrogen and oxygen atoms in total. The van der Waals surface area contributed by atoms with Crippen LogP contribution in [0.2, 0.25) is 5.02 Å². The van der Waals surface area contributed by atoms with E-state index in [1.807, 2.05) is 6.92 Å². The molecule has 0 aliphatic heterocycles. The monoisotopic (exact) mass is 290 g/mol. The quantitative estimate of drug-likeness (QED) is 0.515. The summed E-state index contributed by atoms with van der Waals surface area (Å²) in [6, 6.07) is 4.11. The van der Waals surface area contributed by atoms with Crippen LogP contribution in [0.1, 0.15) is 17.3 Å². The number of nitrogens with zero attached hydrogens (tertiary/aromatic N) is 1. The van der Waals surface area contributed by atoms with Crippen molar-refractivity contribution in [1.29, 1.82) is 0 Å². The average molecular weight is 291 g/mol. The third-order valence-corrected chi connectivity index (χ3v) is 3.13. The molecular weight excluding hydrogens is 279 g/mol. The van der Waals surface area contributed by atoms with Gasteiger partial charge in [0.1, 0.15) is 5.56 Å². The topological polar surface area (TPSA) is 72.2 Å². The molecule has 1 rings (SSSR count). The number of nitro groups is 1. The number of halogens is 2. The van der Waals surface area contributed by atoms with E-state index in [0.29, 0.717) is 12.4 Å². The van der Waals surface area contributed by atoms with Gasteiger partial charge in [-0.25, -0.2) is 0 Å². The summed E-state index contributed by atoms with van der Waals surface area (Å²) >= 11 is 11.4. The fourth-order valence-electron chi connectivity index (χ4n) is 1.30. The first-order valence-electron chi connectivity index (χ1n) is 5.24. The van der Waals surface area contributed by atoms with E-state index in [4.69, 9.17) is 23.2 Å². The maximum absolute atomic E-state index is 11.9. The van der Waals surface area contributed by atoms with Gasteiger partial charge in [-0.05, 0) is 12.0 Å². The highest BCUT2D eigenvalue weighted by molar-refractivity contribution is 6.34. The number of nitrogens with one attached hydrogen (secondary N) is 1. The predicted molar refractivity (Wildman–Crippen MR) is 70.3 cm³/mol. The van der Waals surface area contributed by atoms with E-state index >= 15 is 0 Å². The van der Waals surface area contributed by atoms with Crippen LogP contribution in [0, 0.1) is 16.0 Å². The van der Waals surface area contributed by atoms with Gasteiger partial charge in [0.15, 0.2) is 0 Å². The van der Waals surface area contributed by atoms with Gasteiger partial charge in [0.2, 0.25) is 0 Å². The van der Waals surface area contributed by atoms with Gasteiger partial charge in [0.05, 0.1) is 9.95 Å². The number of nitro benzene ring substituents is 1. The Morgan fingerprint density at radius 1 is 1.56 bits per heavy atom. The Bertz CT molecular complexity index is 466. The standard InChI is InChI=1S/C11H12Cl2N2O3/c1-7(5-12)6-14-11(16)10-8(13)3-2-4-9(10)15(17)18/h2-4,7H,5-6H2,1H3,(H,14,16). The number of rotatable bonds is 5. The molecule has 7 heteroatoms. The first kappa shape index (κ1) is 14.7. The zero-order valence-corrected chi connectivity index (χ0v) is 11.2. The molecule has 1 atom stereocenters. The summed E-state index contributed by atoms with van der Waals surface area (Å²) in [5, 5.41) is 13.4. The molecule has 0 bridgehead atoms. The van der Waals surface area contributed by atoms with Gasteiger partial charge >= 0.3 is 0 Å². The first-order chi connectivity index (χ1) is 8.47. The normalized spacial score (nSPS) is 11.9. The predicted octanol–water partition coefficient (Wildman–Crippen LogP) is 2.85. The van der Waals surface area contributed by atoms with Crippen LogP contribution < -0.4 is 5.32 Å². The molecule has 0 spiro atoms. The number of hydrogen-bond acceptors (Lipinski definition) is 3. The minimum absolute atomic E-state index is 0.0558. The van der Waals surface area contributed by atoms with Crippen molar-refractivity contribution < 1.29 is 9.72 Å². The maximum Gasteiger partial charge on any atom is 0.283 e. The van der Waals surface area contributed by atoms with Crippen LogP contribution in [0.15, 0.2) is 18.2 Å². The highest BCUT2D eigenvalue weighted by Gasteiger charge is 2.23. The minimum atomic E-state index is -0.633. The van der Waals surface area contributed by atoms with Gasteiger partial charge in [0.25, 0.3) is 11.6 Å². The maximum atomic E-state index is 11.9. The Balaban J connectivity index is 2.94. The van der Waals surface area contributed by atoms with E-state index < -0.39 is 10.8 Å². The third kappa shape index (κ3) is 3.58. The summed E-state index contributed by atoms with van der Waals surface area (Å²) in [5.74, 6) is -0.0910. The van der Waals surface area contributed by atoms with Crippen molar-refractivity contribution in [3.05, 3.63) is 38.9 Å². The lowest BCUT2D eigenvalue weighted by Gasteiger charge is -2.10. The number of amides is 1.